The van der Waals surface area contributed by atoms with E-state index >= 15 is 0 Å². The van der Waals surface area contributed by atoms with Gasteiger partial charge in [-0.2, -0.15) is 18.4 Å². The molecule has 0 spiro atoms. The van der Waals surface area contributed by atoms with Gasteiger partial charge >= 0.3 is 18.2 Å². The van der Waals surface area contributed by atoms with Crippen LogP contribution in [0.5, 0.6) is 0 Å². The summed E-state index contributed by atoms with van der Waals surface area (Å²) in [6.07, 6.45) is -4.05. The van der Waals surface area contributed by atoms with Crippen LogP contribution in [0.4, 0.5) is 23.8 Å². The van der Waals surface area contributed by atoms with Gasteiger partial charge in [0.2, 0.25) is 0 Å². The van der Waals surface area contributed by atoms with E-state index in [9.17, 15) is 28.0 Å². The molecule has 2 amide bonds. The second-order valence-corrected chi connectivity index (χ2v) is 8.37. The zero-order chi connectivity index (χ0) is 25.2. The summed E-state index contributed by atoms with van der Waals surface area (Å²) in [5, 5.41) is 12.5. The van der Waals surface area contributed by atoms with Crippen molar-refractivity contribution in [2.45, 2.75) is 31.5 Å². The fourth-order valence-electron chi connectivity index (χ4n) is 4.20. The highest BCUT2D eigenvalue weighted by Gasteiger charge is 2.41. The Morgan fingerprint density at radius 3 is 2.49 bits per heavy atom. The van der Waals surface area contributed by atoms with Crippen molar-refractivity contribution in [2.75, 3.05) is 37.7 Å². The standard InChI is InChI=1S/C24H24F3N5O3/c1-2-35-22(33)18-12-16(14-28)21(30-20(18)24(25,26)27)31-8-10-32(11-9-31)23(34)29-19-13-17(19)15-6-4-3-5-7-15/h3-7,12,17,19H,2,8-11,13H2,1H3,(H,29,34)/t17-,19-/m1/s1. The van der Waals surface area contributed by atoms with Gasteiger partial charge in [0.1, 0.15) is 11.9 Å². The Morgan fingerprint density at radius 1 is 1.20 bits per heavy atom. The van der Waals surface area contributed by atoms with E-state index in [1.807, 2.05) is 36.4 Å². The summed E-state index contributed by atoms with van der Waals surface area (Å²) < 4.78 is 45.7. The number of alkyl halides is 3. The topological polar surface area (TPSA) is 98.6 Å². The molecule has 1 aliphatic heterocycles. The van der Waals surface area contributed by atoms with E-state index in [-0.39, 0.29) is 62.2 Å². The van der Waals surface area contributed by atoms with Gasteiger partial charge in [0, 0.05) is 38.1 Å². The molecule has 184 valence electrons. The minimum absolute atomic E-state index is 0.0551. The molecule has 35 heavy (non-hydrogen) atoms. The first-order chi connectivity index (χ1) is 16.7. The largest absolute Gasteiger partial charge is 0.462 e. The van der Waals surface area contributed by atoms with Crippen molar-refractivity contribution in [3.05, 3.63) is 58.8 Å². The van der Waals surface area contributed by atoms with Crippen LogP contribution in [0.1, 0.15) is 46.4 Å². The van der Waals surface area contributed by atoms with Crippen molar-refractivity contribution in [1.82, 2.24) is 15.2 Å². The van der Waals surface area contributed by atoms with Gasteiger partial charge < -0.3 is 19.9 Å². The normalized spacial score (nSPS) is 19.6. The molecule has 1 saturated heterocycles. The minimum atomic E-state index is -4.91. The molecule has 0 radical (unpaired) electrons. The van der Waals surface area contributed by atoms with Crippen molar-refractivity contribution in [2.24, 2.45) is 0 Å². The first-order valence-electron chi connectivity index (χ1n) is 11.3. The zero-order valence-corrected chi connectivity index (χ0v) is 19.0. The van der Waals surface area contributed by atoms with Crippen molar-refractivity contribution < 1.29 is 27.5 Å². The molecule has 0 bridgehead atoms. The predicted octanol–water partition coefficient (Wildman–Crippen LogP) is 3.54. The molecule has 8 nitrogen and oxygen atoms in total. The monoisotopic (exact) mass is 487 g/mol. The van der Waals surface area contributed by atoms with E-state index in [1.54, 1.807) is 4.90 Å². The van der Waals surface area contributed by atoms with E-state index in [0.717, 1.165) is 12.5 Å². The molecule has 1 aliphatic carbocycles. The van der Waals surface area contributed by atoms with Crippen molar-refractivity contribution in [3.8, 4) is 6.07 Å². The van der Waals surface area contributed by atoms with E-state index in [4.69, 9.17) is 4.74 Å². The van der Waals surface area contributed by atoms with Crippen LogP contribution in [-0.2, 0) is 10.9 Å². The summed E-state index contributed by atoms with van der Waals surface area (Å²) in [6.45, 7) is 2.25. The first-order valence-corrected chi connectivity index (χ1v) is 11.3. The molecule has 1 aromatic carbocycles. The number of amides is 2. The van der Waals surface area contributed by atoms with Crippen molar-refractivity contribution in [3.63, 3.8) is 0 Å². The summed E-state index contributed by atoms with van der Waals surface area (Å²) in [4.78, 5) is 31.5. The average molecular weight is 487 g/mol. The Kier molecular flexibility index (Phi) is 6.82. The molecule has 11 heteroatoms. The number of nitrogens with one attached hydrogen (secondary N) is 1. The third-order valence-electron chi connectivity index (χ3n) is 6.08. The van der Waals surface area contributed by atoms with E-state index in [2.05, 4.69) is 10.3 Å². The van der Waals surface area contributed by atoms with Gasteiger partial charge in [0.15, 0.2) is 5.69 Å². The fourth-order valence-corrected chi connectivity index (χ4v) is 4.20. The number of nitriles is 1. The van der Waals surface area contributed by atoms with E-state index in [0.29, 0.717) is 0 Å². The summed E-state index contributed by atoms with van der Waals surface area (Å²) in [5.74, 6) is -1.08. The van der Waals surface area contributed by atoms with Gasteiger partial charge in [-0.05, 0) is 25.0 Å². The Balaban J connectivity index is 1.43. The van der Waals surface area contributed by atoms with Crippen LogP contribution < -0.4 is 10.2 Å². The molecule has 2 fully saturated rings. The lowest BCUT2D eigenvalue weighted by Gasteiger charge is -2.36. The molecule has 1 N–H and O–H groups in total. The number of aromatic nitrogens is 1. The van der Waals surface area contributed by atoms with Gasteiger partial charge in [0.25, 0.3) is 0 Å². The Hall–Kier alpha value is -3.81. The van der Waals surface area contributed by atoms with Gasteiger partial charge in [-0.25, -0.2) is 14.6 Å². The quantitative estimate of drug-likeness (QED) is 0.648. The lowest BCUT2D eigenvalue weighted by Crippen LogP contribution is -2.52. The molecule has 2 heterocycles. The van der Waals surface area contributed by atoms with Crippen molar-refractivity contribution in [1.29, 1.82) is 5.26 Å². The Morgan fingerprint density at radius 2 is 1.89 bits per heavy atom. The molecule has 0 unspecified atom stereocenters. The van der Waals surface area contributed by atoms with Crippen LogP contribution in [0, 0.1) is 11.3 Å². The minimum Gasteiger partial charge on any atom is -0.462 e. The maximum atomic E-state index is 13.6. The number of rotatable bonds is 5. The number of anilines is 1. The van der Waals surface area contributed by atoms with Gasteiger partial charge in [-0.3, -0.25) is 0 Å². The lowest BCUT2D eigenvalue weighted by atomic mass is 10.1. The number of benzene rings is 1. The zero-order valence-electron chi connectivity index (χ0n) is 19.0. The number of piperazine rings is 1. The molecule has 4 rings (SSSR count). The number of hydrogen-bond acceptors (Lipinski definition) is 6. The summed E-state index contributed by atoms with van der Waals surface area (Å²) in [6, 6.07) is 12.4. The highest BCUT2D eigenvalue weighted by molar-refractivity contribution is 5.92. The number of urea groups is 1. The Bertz CT molecular complexity index is 1140. The predicted molar refractivity (Wildman–Crippen MR) is 120 cm³/mol. The summed E-state index contributed by atoms with van der Waals surface area (Å²) in [5.41, 5.74) is -1.19. The Labute approximate surface area is 200 Å². The van der Waals surface area contributed by atoms with Crippen LogP contribution in [0.15, 0.2) is 36.4 Å². The number of carbonyl (C=O) groups is 2. The first kappa shape index (κ1) is 24.3. The molecule has 1 saturated carbocycles. The number of hydrogen-bond donors (Lipinski definition) is 1. The maximum Gasteiger partial charge on any atom is 0.434 e. The molecular formula is C24H24F3N5O3. The van der Waals surface area contributed by atoms with Crippen LogP contribution in [0.2, 0.25) is 0 Å². The summed E-state index contributed by atoms with van der Waals surface area (Å²) >= 11 is 0. The molecule has 2 aromatic rings. The van der Waals surface area contributed by atoms with Crippen LogP contribution in [0.3, 0.4) is 0 Å². The highest BCUT2D eigenvalue weighted by atomic mass is 19.4. The van der Waals surface area contributed by atoms with Crippen molar-refractivity contribution >= 4 is 17.8 Å². The highest BCUT2D eigenvalue weighted by Crippen LogP contribution is 2.40. The number of nitrogens with zero attached hydrogens (tertiary/aromatic N) is 4. The van der Waals surface area contributed by atoms with Gasteiger partial charge in [-0.1, -0.05) is 30.3 Å². The number of halogens is 3. The number of pyridine rings is 1. The van der Waals surface area contributed by atoms with Gasteiger partial charge in [-0.15, -0.1) is 0 Å². The molecule has 1 aromatic heterocycles. The second-order valence-electron chi connectivity index (χ2n) is 8.37. The lowest BCUT2D eigenvalue weighted by molar-refractivity contribution is -0.141. The third-order valence-corrected chi connectivity index (χ3v) is 6.08. The molecule has 2 atom stereocenters. The van der Waals surface area contributed by atoms with Crippen LogP contribution in [0.25, 0.3) is 0 Å². The smallest absolute Gasteiger partial charge is 0.434 e. The molecule has 2 aliphatic rings. The molecular weight excluding hydrogens is 463 g/mol. The van der Waals surface area contributed by atoms with E-state index < -0.39 is 23.4 Å². The number of esters is 1. The van der Waals surface area contributed by atoms with Gasteiger partial charge in [0.05, 0.1) is 17.7 Å². The average Bonchev–Trinajstić information content (AvgIpc) is 3.62. The third kappa shape index (κ3) is 5.31. The SMILES string of the molecule is CCOC(=O)c1cc(C#N)c(N2CCN(C(=O)N[C@@H]3C[C@@H]3c3ccccc3)CC2)nc1C(F)(F)F. The van der Waals surface area contributed by atoms with Crippen LogP contribution >= 0.6 is 0 Å². The number of carbonyl (C=O) groups excluding carboxylic acids is 2. The summed E-state index contributed by atoms with van der Waals surface area (Å²) in [7, 11) is 0. The second kappa shape index (κ2) is 9.82. The van der Waals surface area contributed by atoms with Crippen LogP contribution in [-0.4, -0.2) is 60.7 Å². The van der Waals surface area contributed by atoms with E-state index in [1.165, 1.54) is 17.4 Å². The fraction of sp³-hybridized carbons (Fsp3) is 0.417. The maximum absolute atomic E-state index is 13.6. The number of ether oxygens (including phenoxy) is 1.